The van der Waals surface area contributed by atoms with E-state index in [2.05, 4.69) is 12.2 Å². The second-order valence-corrected chi connectivity index (χ2v) is 4.40. The molecule has 0 aliphatic carbocycles. The molecule has 1 N–H and O–H groups in total. The minimum Gasteiger partial charge on any atom is -0.493 e. The zero-order valence-electron chi connectivity index (χ0n) is 9.36. The number of nitrogens with one attached hydrogen (secondary N) is 1. The molecule has 0 radical (unpaired) electrons. The van der Waals surface area contributed by atoms with E-state index in [9.17, 15) is 0 Å². The summed E-state index contributed by atoms with van der Waals surface area (Å²) in [5.74, 6) is 0.986. The van der Waals surface area contributed by atoms with Gasteiger partial charge in [0.15, 0.2) is 0 Å². The predicted molar refractivity (Wildman–Crippen MR) is 62.8 cm³/mol. The Hall–Kier alpha value is -0.730. The average molecular weight is 226 g/mol. The van der Waals surface area contributed by atoms with Gasteiger partial charge in [0.25, 0.3) is 0 Å². The predicted octanol–water partition coefficient (Wildman–Crippen LogP) is 3.00. The molecule has 0 saturated carbocycles. The zero-order chi connectivity index (χ0) is 11.0. The topological polar surface area (TPSA) is 21.3 Å². The van der Waals surface area contributed by atoms with Crippen LogP contribution in [0.1, 0.15) is 29.2 Å². The van der Waals surface area contributed by atoms with Gasteiger partial charge in [-0.15, -0.1) is 0 Å². The van der Waals surface area contributed by atoms with Crippen LogP contribution in [0.5, 0.6) is 5.75 Å². The van der Waals surface area contributed by atoms with Crippen LogP contribution < -0.4 is 10.1 Å². The first-order chi connectivity index (χ1) is 7.15. The smallest absolute Gasteiger partial charge is 0.124 e. The Balaban J connectivity index is 2.59. The van der Waals surface area contributed by atoms with Gasteiger partial charge >= 0.3 is 0 Å². The fourth-order valence-electron chi connectivity index (χ4n) is 2.21. The summed E-state index contributed by atoms with van der Waals surface area (Å²) in [4.78, 5) is 0. The van der Waals surface area contributed by atoms with Gasteiger partial charge in [-0.3, -0.25) is 0 Å². The third-order valence-corrected chi connectivity index (χ3v) is 3.64. The molecule has 1 aromatic carbocycles. The number of aryl methyl sites for hydroxylation is 1. The molecule has 1 aliphatic heterocycles. The zero-order valence-corrected chi connectivity index (χ0v) is 10.1. The molecule has 0 aromatic heterocycles. The van der Waals surface area contributed by atoms with Crippen molar-refractivity contribution in [1.82, 2.24) is 5.32 Å². The summed E-state index contributed by atoms with van der Waals surface area (Å²) in [6, 6.07) is 2.40. The van der Waals surface area contributed by atoms with Gasteiger partial charge in [-0.05, 0) is 38.1 Å². The monoisotopic (exact) mass is 225 g/mol. The summed E-state index contributed by atoms with van der Waals surface area (Å²) in [6.45, 7) is 4.86. The summed E-state index contributed by atoms with van der Waals surface area (Å²) in [7, 11) is 1.98. The molecule has 2 nitrogen and oxygen atoms in total. The van der Waals surface area contributed by atoms with Crippen molar-refractivity contribution in [2.45, 2.75) is 26.3 Å². The molecule has 0 bridgehead atoms. The molecular formula is C12H16ClNO. The van der Waals surface area contributed by atoms with Crippen molar-refractivity contribution in [2.75, 3.05) is 13.7 Å². The molecule has 1 atom stereocenters. The Morgan fingerprint density at radius 1 is 1.47 bits per heavy atom. The fourth-order valence-corrected chi connectivity index (χ4v) is 2.37. The molecule has 82 valence electrons. The third kappa shape index (κ3) is 1.72. The molecule has 0 amide bonds. The van der Waals surface area contributed by atoms with Gasteiger partial charge in [-0.25, -0.2) is 0 Å². The summed E-state index contributed by atoms with van der Waals surface area (Å²) in [5.41, 5.74) is 3.45. The lowest BCUT2D eigenvalue weighted by Crippen LogP contribution is -2.25. The van der Waals surface area contributed by atoms with Crippen molar-refractivity contribution in [3.05, 3.63) is 27.8 Å². The van der Waals surface area contributed by atoms with Crippen molar-refractivity contribution in [2.24, 2.45) is 0 Å². The van der Waals surface area contributed by atoms with E-state index >= 15 is 0 Å². The van der Waals surface area contributed by atoms with E-state index in [-0.39, 0.29) is 0 Å². The van der Waals surface area contributed by atoms with Crippen molar-refractivity contribution < 1.29 is 4.74 Å². The van der Waals surface area contributed by atoms with Crippen molar-refractivity contribution in [3.8, 4) is 5.75 Å². The van der Waals surface area contributed by atoms with Gasteiger partial charge in [0.2, 0.25) is 0 Å². The molecule has 1 heterocycles. The Morgan fingerprint density at radius 2 is 2.20 bits per heavy atom. The number of fused-ring (bicyclic) bond motifs is 1. The number of benzene rings is 1. The Labute approximate surface area is 95.6 Å². The first kappa shape index (κ1) is 10.8. The van der Waals surface area contributed by atoms with E-state index in [1.807, 2.05) is 20.0 Å². The summed E-state index contributed by atoms with van der Waals surface area (Å²) in [6.07, 6.45) is 1.00. The first-order valence-electron chi connectivity index (χ1n) is 5.24. The quantitative estimate of drug-likeness (QED) is 0.794. The number of halogens is 1. The maximum atomic E-state index is 6.25. The normalized spacial score (nSPS) is 19.6. The van der Waals surface area contributed by atoms with Crippen LogP contribution in [0.4, 0.5) is 0 Å². The van der Waals surface area contributed by atoms with E-state index in [1.54, 1.807) is 0 Å². The lowest BCUT2D eigenvalue weighted by atomic mass is 9.94. The summed E-state index contributed by atoms with van der Waals surface area (Å²) >= 11 is 6.25. The molecule has 0 spiro atoms. The fraction of sp³-hybridized carbons (Fsp3) is 0.500. The van der Waals surface area contributed by atoms with Gasteiger partial charge < -0.3 is 10.1 Å². The maximum Gasteiger partial charge on any atom is 0.124 e. The lowest BCUT2D eigenvalue weighted by Gasteiger charge is -2.28. The highest BCUT2D eigenvalue weighted by Gasteiger charge is 2.24. The van der Waals surface area contributed by atoms with Crippen LogP contribution in [-0.2, 0) is 0 Å². The minimum atomic E-state index is 0.367. The van der Waals surface area contributed by atoms with E-state index in [4.69, 9.17) is 16.3 Å². The highest BCUT2D eigenvalue weighted by atomic mass is 35.5. The van der Waals surface area contributed by atoms with Crippen molar-refractivity contribution in [3.63, 3.8) is 0 Å². The second-order valence-electron chi connectivity index (χ2n) is 4.02. The SMILES string of the molecule is CNC1CCOc2cc(C)c(Cl)c(C)c21. The van der Waals surface area contributed by atoms with E-state index in [0.29, 0.717) is 6.04 Å². The molecule has 1 aromatic rings. The Kier molecular flexibility index (Phi) is 2.89. The third-order valence-electron chi connectivity index (χ3n) is 3.05. The highest BCUT2D eigenvalue weighted by Crippen LogP contribution is 2.39. The largest absolute Gasteiger partial charge is 0.493 e. The van der Waals surface area contributed by atoms with Gasteiger partial charge in [0.1, 0.15) is 5.75 Å². The second kappa shape index (κ2) is 4.03. The van der Waals surface area contributed by atoms with E-state index < -0.39 is 0 Å². The number of hydrogen-bond acceptors (Lipinski definition) is 2. The minimum absolute atomic E-state index is 0.367. The molecular weight excluding hydrogens is 210 g/mol. The van der Waals surface area contributed by atoms with Crippen molar-refractivity contribution >= 4 is 11.6 Å². The molecule has 1 aliphatic rings. The van der Waals surface area contributed by atoms with Crippen LogP contribution in [0.15, 0.2) is 6.07 Å². The van der Waals surface area contributed by atoms with Crippen LogP contribution in [0, 0.1) is 13.8 Å². The van der Waals surface area contributed by atoms with E-state index in [0.717, 1.165) is 34.9 Å². The lowest BCUT2D eigenvalue weighted by molar-refractivity contribution is 0.256. The standard InChI is InChI=1S/C12H16ClNO/c1-7-6-10-11(8(2)12(7)13)9(14-3)4-5-15-10/h6,9,14H,4-5H2,1-3H3. The number of rotatable bonds is 1. The van der Waals surface area contributed by atoms with Crippen LogP contribution in [0.2, 0.25) is 5.02 Å². The van der Waals surface area contributed by atoms with Crippen LogP contribution in [0.3, 0.4) is 0 Å². The molecule has 0 saturated heterocycles. The highest BCUT2D eigenvalue weighted by molar-refractivity contribution is 6.32. The molecule has 2 rings (SSSR count). The van der Waals surface area contributed by atoms with Crippen molar-refractivity contribution in [1.29, 1.82) is 0 Å². The van der Waals surface area contributed by atoms with E-state index in [1.165, 1.54) is 5.56 Å². The summed E-state index contributed by atoms with van der Waals surface area (Å²) < 4.78 is 5.67. The van der Waals surface area contributed by atoms with Crippen LogP contribution in [0.25, 0.3) is 0 Å². The number of hydrogen-bond donors (Lipinski definition) is 1. The first-order valence-corrected chi connectivity index (χ1v) is 5.62. The molecule has 0 fully saturated rings. The maximum absolute atomic E-state index is 6.25. The molecule has 3 heteroatoms. The Morgan fingerprint density at radius 3 is 2.87 bits per heavy atom. The Bertz CT molecular complexity index is 390. The van der Waals surface area contributed by atoms with Gasteiger partial charge in [-0.1, -0.05) is 11.6 Å². The van der Waals surface area contributed by atoms with Gasteiger partial charge in [0.05, 0.1) is 6.61 Å². The van der Waals surface area contributed by atoms with Gasteiger partial charge in [0, 0.05) is 23.0 Å². The van der Waals surface area contributed by atoms with Crippen LogP contribution >= 0.6 is 11.6 Å². The molecule has 15 heavy (non-hydrogen) atoms. The summed E-state index contributed by atoms with van der Waals surface area (Å²) in [5, 5.41) is 4.17. The van der Waals surface area contributed by atoms with Crippen LogP contribution in [-0.4, -0.2) is 13.7 Å². The van der Waals surface area contributed by atoms with Gasteiger partial charge in [-0.2, -0.15) is 0 Å². The average Bonchev–Trinajstić information content (AvgIpc) is 2.25. The number of ether oxygens (including phenoxy) is 1. The molecule has 1 unspecified atom stereocenters.